The zero-order valence-electron chi connectivity index (χ0n) is 33.5. The van der Waals surface area contributed by atoms with Crippen molar-refractivity contribution in [3.05, 3.63) is 221 Å². The second kappa shape index (κ2) is 20.8. The van der Waals surface area contributed by atoms with Crippen molar-refractivity contribution in [1.29, 1.82) is 0 Å². The highest BCUT2D eigenvalue weighted by molar-refractivity contribution is 5.56. The first-order valence-electron chi connectivity index (χ1n) is 20.2. The van der Waals surface area contributed by atoms with Crippen LogP contribution in [-0.2, 0) is 26.4 Å². The van der Waals surface area contributed by atoms with Gasteiger partial charge in [-0.15, -0.1) is 0 Å². The van der Waals surface area contributed by atoms with Crippen molar-refractivity contribution >= 4 is 5.69 Å². The fourth-order valence-electron chi connectivity index (χ4n) is 7.09. The molecule has 7 rings (SSSR count). The van der Waals surface area contributed by atoms with Gasteiger partial charge >= 0.3 is 0 Å². The standard InChI is InChI=1S/C52H52N2O5/c1-39(55)52(59-48-30-31-51(50(53)34-48)58-38-43-20-12-5-13-21-43)54(35-40-14-6-2-7-15-40)33-32-49(44-22-26-46(27-23-44)56-36-41-16-8-3-9-17-41)45-24-28-47(29-25-45)57-37-42-18-10-4-11-19-42/h2-31,34,39,49,52,55H,32-33,35-38,53H2,1H3. The van der Waals surface area contributed by atoms with Crippen molar-refractivity contribution in [2.24, 2.45) is 0 Å². The number of aliphatic hydroxyl groups is 1. The van der Waals surface area contributed by atoms with Crippen LogP contribution in [0.25, 0.3) is 0 Å². The third kappa shape index (κ3) is 12.0. The van der Waals surface area contributed by atoms with Crippen LogP contribution in [0.2, 0.25) is 0 Å². The molecule has 0 aromatic heterocycles. The van der Waals surface area contributed by atoms with Gasteiger partial charge in [0.2, 0.25) is 0 Å². The van der Waals surface area contributed by atoms with E-state index >= 15 is 0 Å². The van der Waals surface area contributed by atoms with E-state index < -0.39 is 12.3 Å². The highest BCUT2D eigenvalue weighted by Gasteiger charge is 2.28. The summed E-state index contributed by atoms with van der Waals surface area (Å²) in [5.41, 5.74) is 13.7. The lowest BCUT2D eigenvalue weighted by atomic mass is 9.88. The minimum absolute atomic E-state index is 0.0194. The molecule has 0 amide bonds. The number of rotatable bonds is 20. The summed E-state index contributed by atoms with van der Waals surface area (Å²) in [7, 11) is 0. The highest BCUT2D eigenvalue weighted by Crippen LogP contribution is 2.33. The van der Waals surface area contributed by atoms with Gasteiger partial charge in [0, 0.05) is 25.1 Å². The average Bonchev–Trinajstić information content (AvgIpc) is 3.28. The number of benzene rings is 7. The molecular formula is C52H52N2O5. The van der Waals surface area contributed by atoms with Gasteiger partial charge in [-0.05, 0) is 83.1 Å². The maximum atomic E-state index is 11.3. The Morgan fingerprint density at radius 2 is 0.932 bits per heavy atom. The highest BCUT2D eigenvalue weighted by atomic mass is 16.5. The van der Waals surface area contributed by atoms with Crippen molar-refractivity contribution in [3.63, 3.8) is 0 Å². The number of aliphatic hydroxyl groups excluding tert-OH is 1. The lowest BCUT2D eigenvalue weighted by Gasteiger charge is -2.35. The van der Waals surface area contributed by atoms with E-state index in [1.54, 1.807) is 13.0 Å². The number of hydrogen-bond acceptors (Lipinski definition) is 7. The van der Waals surface area contributed by atoms with E-state index in [4.69, 9.17) is 24.7 Å². The average molecular weight is 785 g/mol. The van der Waals surface area contributed by atoms with Gasteiger partial charge in [-0.2, -0.15) is 0 Å². The molecule has 59 heavy (non-hydrogen) atoms. The second-order valence-corrected chi connectivity index (χ2v) is 14.7. The molecule has 0 aliphatic heterocycles. The Kier molecular flexibility index (Phi) is 14.3. The molecule has 3 N–H and O–H groups in total. The van der Waals surface area contributed by atoms with Gasteiger partial charge in [-0.1, -0.05) is 146 Å². The van der Waals surface area contributed by atoms with E-state index in [9.17, 15) is 5.11 Å². The van der Waals surface area contributed by atoms with Crippen LogP contribution in [0, 0.1) is 0 Å². The Bertz CT molecular complexity index is 2180. The fraction of sp³-hybridized carbons (Fsp3) is 0.192. The van der Waals surface area contributed by atoms with Gasteiger partial charge in [-0.25, -0.2) is 0 Å². The number of anilines is 1. The first-order valence-corrected chi connectivity index (χ1v) is 20.2. The first-order chi connectivity index (χ1) is 29.0. The Labute approximate surface area is 348 Å². The normalized spacial score (nSPS) is 12.2. The number of nitrogens with two attached hydrogens (primary N) is 1. The Morgan fingerprint density at radius 3 is 1.37 bits per heavy atom. The van der Waals surface area contributed by atoms with Crippen molar-refractivity contribution in [3.8, 4) is 23.0 Å². The lowest BCUT2D eigenvalue weighted by Crippen LogP contribution is -2.47. The van der Waals surface area contributed by atoms with Gasteiger partial charge in [-0.3, -0.25) is 4.90 Å². The molecule has 7 aromatic carbocycles. The summed E-state index contributed by atoms with van der Waals surface area (Å²) >= 11 is 0. The molecular weight excluding hydrogens is 733 g/mol. The minimum atomic E-state index is -0.825. The zero-order valence-corrected chi connectivity index (χ0v) is 33.5. The SMILES string of the molecule is CC(O)C(Oc1ccc(OCc2ccccc2)c(N)c1)N(CCC(c1ccc(OCc2ccccc2)cc1)c1ccc(OCc2ccccc2)cc1)Cc1ccccc1. The molecule has 0 saturated carbocycles. The molecule has 0 radical (unpaired) electrons. The maximum absolute atomic E-state index is 11.3. The molecule has 300 valence electrons. The smallest absolute Gasteiger partial charge is 0.178 e. The molecule has 7 aromatic rings. The number of ether oxygens (including phenoxy) is 4. The van der Waals surface area contributed by atoms with E-state index in [-0.39, 0.29) is 5.92 Å². The zero-order chi connectivity index (χ0) is 40.7. The van der Waals surface area contributed by atoms with Crippen molar-refractivity contribution in [1.82, 2.24) is 4.90 Å². The van der Waals surface area contributed by atoms with E-state index in [1.165, 1.54) is 0 Å². The number of nitrogens with zero attached hydrogens (tertiary/aromatic N) is 1. The van der Waals surface area contributed by atoms with Crippen LogP contribution in [0.15, 0.2) is 188 Å². The molecule has 0 heterocycles. The van der Waals surface area contributed by atoms with Gasteiger partial charge in [0.1, 0.15) is 48.9 Å². The third-order valence-electron chi connectivity index (χ3n) is 10.2. The van der Waals surface area contributed by atoms with Crippen LogP contribution in [0.1, 0.15) is 52.6 Å². The fourth-order valence-corrected chi connectivity index (χ4v) is 7.09. The third-order valence-corrected chi connectivity index (χ3v) is 10.2. The Hall–Kier alpha value is -6.54. The molecule has 0 saturated heterocycles. The molecule has 0 aliphatic rings. The van der Waals surface area contributed by atoms with Crippen LogP contribution in [0.4, 0.5) is 5.69 Å². The Balaban J connectivity index is 1.11. The minimum Gasteiger partial charge on any atom is -0.489 e. The van der Waals surface area contributed by atoms with Crippen LogP contribution in [0.3, 0.4) is 0 Å². The van der Waals surface area contributed by atoms with E-state index in [2.05, 4.69) is 65.6 Å². The van der Waals surface area contributed by atoms with Crippen LogP contribution in [0.5, 0.6) is 23.0 Å². The van der Waals surface area contributed by atoms with Crippen LogP contribution >= 0.6 is 0 Å². The summed E-state index contributed by atoms with van der Waals surface area (Å²) in [5.74, 6) is 2.76. The van der Waals surface area contributed by atoms with Gasteiger partial charge in [0.05, 0.1) is 5.69 Å². The van der Waals surface area contributed by atoms with Crippen molar-refractivity contribution in [2.45, 2.75) is 58.0 Å². The predicted molar refractivity (Wildman–Crippen MR) is 235 cm³/mol. The summed E-state index contributed by atoms with van der Waals surface area (Å²) in [6.45, 7) is 4.34. The van der Waals surface area contributed by atoms with Gasteiger partial charge in [0.15, 0.2) is 6.23 Å². The van der Waals surface area contributed by atoms with Crippen molar-refractivity contribution in [2.75, 3.05) is 12.3 Å². The molecule has 7 nitrogen and oxygen atoms in total. The summed E-state index contributed by atoms with van der Waals surface area (Å²) < 4.78 is 25.0. The summed E-state index contributed by atoms with van der Waals surface area (Å²) in [6, 6.07) is 62.8. The summed E-state index contributed by atoms with van der Waals surface area (Å²) in [4.78, 5) is 2.21. The molecule has 7 heteroatoms. The van der Waals surface area contributed by atoms with Crippen LogP contribution in [-0.4, -0.2) is 28.9 Å². The van der Waals surface area contributed by atoms with E-state index in [0.29, 0.717) is 50.1 Å². The largest absolute Gasteiger partial charge is 0.489 e. The summed E-state index contributed by atoms with van der Waals surface area (Å²) in [6.07, 6.45) is -0.759. The summed E-state index contributed by atoms with van der Waals surface area (Å²) in [5, 5.41) is 11.3. The number of hydrogen-bond donors (Lipinski definition) is 2. The molecule has 2 atom stereocenters. The van der Waals surface area contributed by atoms with Gasteiger partial charge in [0.25, 0.3) is 0 Å². The Morgan fingerprint density at radius 1 is 0.508 bits per heavy atom. The van der Waals surface area contributed by atoms with Gasteiger partial charge < -0.3 is 29.8 Å². The molecule has 0 fully saturated rings. The molecule has 0 spiro atoms. The quantitative estimate of drug-likeness (QED) is 0.0588. The van der Waals surface area contributed by atoms with Crippen molar-refractivity contribution < 1.29 is 24.1 Å². The molecule has 2 unspecified atom stereocenters. The molecule has 0 bridgehead atoms. The second-order valence-electron chi connectivity index (χ2n) is 14.7. The van der Waals surface area contributed by atoms with Crippen LogP contribution < -0.4 is 24.7 Å². The van der Waals surface area contributed by atoms with E-state index in [1.807, 2.05) is 121 Å². The number of nitrogen functional groups attached to an aromatic ring is 1. The molecule has 0 aliphatic carbocycles. The van der Waals surface area contributed by atoms with E-state index in [0.717, 1.165) is 51.3 Å². The predicted octanol–water partition coefficient (Wildman–Crippen LogP) is 10.8. The topological polar surface area (TPSA) is 86.4 Å². The maximum Gasteiger partial charge on any atom is 0.178 e. The monoisotopic (exact) mass is 784 g/mol. The lowest BCUT2D eigenvalue weighted by molar-refractivity contribution is -0.0633. The first kappa shape index (κ1) is 40.6.